The van der Waals surface area contributed by atoms with Crippen LogP contribution in [0.1, 0.15) is 18.7 Å². The molecule has 0 saturated carbocycles. The molecule has 0 aliphatic carbocycles. The van der Waals surface area contributed by atoms with Crippen molar-refractivity contribution >= 4 is 45.9 Å². The van der Waals surface area contributed by atoms with Crippen LogP contribution in [0.3, 0.4) is 0 Å². The number of likely N-dealkylation sites (tertiary alicyclic amines) is 1. The van der Waals surface area contributed by atoms with Crippen molar-refractivity contribution in [1.29, 1.82) is 0 Å². The van der Waals surface area contributed by atoms with E-state index in [1.54, 1.807) is 11.0 Å². The largest absolute Gasteiger partial charge is 0.341 e. The van der Waals surface area contributed by atoms with Crippen LogP contribution in [-0.4, -0.2) is 56.0 Å². The number of thioether (sulfide) groups is 1. The van der Waals surface area contributed by atoms with E-state index < -0.39 is 11.1 Å². The average molecular weight is 370 g/mol. The number of imide groups is 1. The third-order valence-corrected chi connectivity index (χ3v) is 5.62. The quantitative estimate of drug-likeness (QED) is 0.775. The minimum Gasteiger partial charge on any atom is -0.341 e. The number of hydrogen-bond donors (Lipinski definition) is 0. The van der Waals surface area contributed by atoms with E-state index in [0.29, 0.717) is 23.8 Å². The number of fused-ring (bicyclic) bond motifs is 1. The van der Waals surface area contributed by atoms with Crippen LogP contribution in [0.25, 0.3) is 17.1 Å². The van der Waals surface area contributed by atoms with Crippen LogP contribution < -0.4 is 0 Å². The Hall–Kier alpha value is -2.61. The number of amides is 3. The first-order valence-corrected chi connectivity index (χ1v) is 9.31. The summed E-state index contributed by atoms with van der Waals surface area (Å²) in [4.78, 5) is 44.6. The predicted molar refractivity (Wildman–Crippen MR) is 99.2 cm³/mol. The van der Waals surface area contributed by atoms with Crippen molar-refractivity contribution in [2.75, 3.05) is 19.6 Å². The average Bonchev–Trinajstić information content (AvgIpc) is 3.33. The summed E-state index contributed by atoms with van der Waals surface area (Å²) in [6.45, 7) is 1.21. The van der Waals surface area contributed by atoms with Gasteiger partial charge in [0.05, 0.1) is 15.9 Å². The molecule has 2 fully saturated rings. The molecule has 26 heavy (non-hydrogen) atoms. The number of carbonyl (C=O) groups is 3. The van der Waals surface area contributed by atoms with Gasteiger partial charge in [0.2, 0.25) is 5.91 Å². The second kappa shape index (κ2) is 6.60. The second-order valence-corrected chi connectivity index (χ2v) is 7.37. The van der Waals surface area contributed by atoms with E-state index in [4.69, 9.17) is 0 Å². The Morgan fingerprint density at radius 1 is 1.23 bits per heavy atom. The normalized spacial score (nSPS) is 19.3. The van der Waals surface area contributed by atoms with Crippen molar-refractivity contribution < 1.29 is 14.4 Å². The Kier molecular flexibility index (Phi) is 4.28. The maximum absolute atomic E-state index is 12.6. The highest BCUT2D eigenvalue weighted by Gasteiger charge is 2.37. The number of rotatable bonds is 3. The van der Waals surface area contributed by atoms with Gasteiger partial charge in [0.15, 0.2) is 0 Å². The van der Waals surface area contributed by atoms with Crippen molar-refractivity contribution in [1.82, 2.24) is 19.4 Å². The molecule has 2 saturated heterocycles. The molecule has 2 aromatic rings. The molecule has 3 amide bonds. The summed E-state index contributed by atoms with van der Waals surface area (Å²) in [6.07, 6.45) is 3.56. The first-order chi connectivity index (χ1) is 12.5. The van der Waals surface area contributed by atoms with Gasteiger partial charge in [0.1, 0.15) is 12.4 Å². The van der Waals surface area contributed by atoms with E-state index in [0.717, 1.165) is 40.5 Å². The van der Waals surface area contributed by atoms with E-state index in [2.05, 4.69) is 4.98 Å². The van der Waals surface area contributed by atoms with E-state index in [9.17, 15) is 14.4 Å². The molecule has 0 N–H and O–H groups in total. The van der Waals surface area contributed by atoms with E-state index in [1.165, 1.54) is 0 Å². The molecule has 0 atom stereocenters. The van der Waals surface area contributed by atoms with Crippen LogP contribution in [0.4, 0.5) is 4.79 Å². The van der Waals surface area contributed by atoms with Gasteiger partial charge < -0.3 is 9.47 Å². The second-order valence-electron chi connectivity index (χ2n) is 6.37. The fourth-order valence-corrected chi connectivity index (χ4v) is 4.06. The number of imidazole rings is 1. The van der Waals surface area contributed by atoms with Gasteiger partial charge in [0, 0.05) is 26.2 Å². The van der Waals surface area contributed by atoms with Gasteiger partial charge in [-0.15, -0.1) is 0 Å². The molecule has 7 nitrogen and oxygen atoms in total. The van der Waals surface area contributed by atoms with Crippen molar-refractivity contribution in [3.05, 3.63) is 35.0 Å². The lowest BCUT2D eigenvalue weighted by Crippen LogP contribution is -2.40. The summed E-state index contributed by atoms with van der Waals surface area (Å²) in [7, 11) is 1.86. The first kappa shape index (κ1) is 16.8. The van der Waals surface area contributed by atoms with E-state index >= 15 is 0 Å². The van der Waals surface area contributed by atoms with E-state index in [-0.39, 0.29) is 12.5 Å². The smallest absolute Gasteiger partial charge is 0.294 e. The Morgan fingerprint density at radius 2 is 1.96 bits per heavy atom. The van der Waals surface area contributed by atoms with Crippen molar-refractivity contribution in [3.63, 3.8) is 0 Å². The summed E-state index contributed by atoms with van der Waals surface area (Å²) in [5, 5.41) is -0.410. The molecule has 0 radical (unpaired) electrons. The third-order valence-electron chi connectivity index (χ3n) is 4.71. The molecule has 3 heterocycles. The number of benzene rings is 1. The van der Waals surface area contributed by atoms with Crippen LogP contribution in [0.2, 0.25) is 0 Å². The molecule has 2 aliphatic heterocycles. The summed E-state index contributed by atoms with van der Waals surface area (Å²) in [6, 6.07) is 7.66. The van der Waals surface area contributed by atoms with Crippen molar-refractivity contribution in [2.45, 2.75) is 12.8 Å². The number of carbonyl (C=O) groups excluding carboxylic acids is 3. The number of aromatic nitrogens is 2. The Bertz CT molecular complexity index is 943. The highest BCUT2D eigenvalue weighted by molar-refractivity contribution is 8.18. The molecule has 1 aromatic carbocycles. The van der Waals surface area contributed by atoms with Crippen LogP contribution >= 0.6 is 11.8 Å². The zero-order valence-electron chi connectivity index (χ0n) is 14.3. The minimum atomic E-state index is -0.431. The lowest BCUT2D eigenvalue weighted by atomic mass is 10.3. The Labute approximate surface area is 154 Å². The number of aryl methyl sites for hydroxylation is 1. The molecule has 0 bridgehead atoms. The Balaban J connectivity index is 1.56. The zero-order valence-corrected chi connectivity index (χ0v) is 15.2. The monoisotopic (exact) mass is 370 g/mol. The lowest BCUT2D eigenvalue weighted by Gasteiger charge is -2.18. The topological polar surface area (TPSA) is 75.5 Å². The SMILES string of the molecule is Cn1c(/C=C2\SC(=O)N(CC(=O)N3CCCC3)C2=O)nc2ccccc21. The summed E-state index contributed by atoms with van der Waals surface area (Å²) in [5.41, 5.74) is 1.77. The highest BCUT2D eigenvalue weighted by atomic mass is 32.2. The lowest BCUT2D eigenvalue weighted by molar-refractivity contribution is -0.135. The summed E-state index contributed by atoms with van der Waals surface area (Å²) < 4.78 is 1.87. The summed E-state index contributed by atoms with van der Waals surface area (Å²) in [5.74, 6) is -0.00375. The molecule has 2 aliphatic rings. The highest BCUT2D eigenvalue weighted by Crippen LogP contribution is 2.32. The van der Waals surface area contributed by atoms with Gasteiger partial charge >= 0.3 is 0 Å². The maximum atomic E-state index is 12.6. The van der Waals surface area contributed by atoms with Gasteiger partial charge in [-0.3, -0.25) is 19.3 Å². The molecule has 0 spiro atoms. The van der Waals surface area contributed by atoms with Crippen LogP contribution in [-0.2, 0) is 16.6 Å². The van der Waals surface area contributed by atoms with E-state index in [1.807, 2.05) is 35.9 Å². The molecular formula is C18H18N4O3S. The first-order valence-electron chi connectivity index (χ1n) is 8.49. The molecular weight excluding hydrogens is 352 g/mol. The molecule has 134 valence electrons. The fourth-order valence-electron chi connectivity index (χ4n) is 3.25. The van der Waals surface area contributed by atoms with Crippen LogP contribution in [0, 0.1) is 0 Å². The van der Waals surface area contributed by atoms with Gasteiger partial charge in [-0.1, -0.05) is 12.1 Å². The maximum Gasteiger partial charge on any atom is 0.294 e. The van der Waals surface area contributed by atoms with Crippen LogP contribution in [0.5, 0.6) is 0 Å². The predicted octanol–water partition coefficient (Wildman–Crippen LogP) is 2.23. The van der Waals surface area contributed by atoms with Gasteiger partial charge in [-0.05, 0) is 36.7 Å². The number of para-hydroxylation sites is 2. The Morgan fingerprint density at radius 3 is 2.69 bits per heavy atom. The third kappa shape index (κ3) is 2.90. The minimum absolute atomic E-state index is 0.172. The van der Waals surface area contributed by atoms with Gasteiger partial charge in [-0.25, -0.2) is 4.98 Å². The molecule has 4 rings (SSSR count). The van der Waals surface area contributed by atoms with Gasteiger partial charge in [-0.2, -0.15) is 0 Å². The van der Waals surface area contributed by atoms with Crippen molar-refractivity contribution in [2.24, 2.45) is 7.05 Å². The number of hydrogen-bond acceptors (Lipinski definition) is 5. The molecule has 1 aromatic heterocycles. The van der Waals surface area contributed by atoms with Gasteiger partial charge in [0.25, 0.3) is 11.1 Å². The standard InChI is InChI=1S/C18H18N4O3S/c1-20-13-7-3-2-6-12(13)19-15(20)10-14-17(24)22(18(25)26-14)11-16(23)21-8-4-5-9-21/h2-3,6-7,10H,4-5,8-9,11H2,1H3/b14-10-. The zero-order chi connectivity index (χ0) is 18.3. The molecule has 8 heteroatoms. The summed E-state index contributed by atoms with van der Waals surface area (Å²) >= 11 is 0.854. The van der Waals surface area contributed by atoms with Crippen LogP contribution in [0.15, 0.2) is 29.2 Å². The molecule has 0 unspecified atom stereocenters. The fraction of sp³-hybridized carbons (Fsp3) is 0.333. The van der Waals surface area contributed by atoms with Crippen molar-refractivity contribution in [3.8, 4) is 0 Å². The number of nitrogens with zero attached hydrogens (tertiary/aromatic N) is 4.